The molecule has 0 spiro atoms. The molecule has 0 saturated heterocycles. The predicted molar refractivity (Wildman–Crippen MR) is 66.9 cm³/mol. The summed E-state index contributed by atoms with van der Waals surface area (Å²) in [6, 6.07) is 0.271. The van der Waals surface area contributed by atoms with Crippen LogP contribution in [0.2, 0.25) is 0 Å². The lowest BCUT2D eigenvalue weighted by molar-refractivity contribution is 0.154. The molecule has 15 heavy (non-hydrogen) atoms. The fourth-order valence-corrected chi connectivity index (χ4v) is 2.65. The van der Waals surface area contributed by atoms with Crippen LogP contribution in [0.4, 0.5) is 0 Å². The van der Waals surface area contributed by atoms with Crippen LogP contribution in [0.5, 0.6) is 0 Å². The van der Waals surface area contributed by atoms with Gasteiger partial charge in [0.1, 0.15) is 0 Å². The van der Waals surface area contributed by atoms with E-state index in [9.17, 15) is 0 Å². The lowest BCUT2D eigenvalue weighted by atomic mass is 9.71. The minimum atomic E-state index is 0.271. The summed E-state index contributed by atoms with van der Waals surface area (Å²) < 4.78 is 0. The molecule has 0 aromatic carbocycles. The normalized spacial score (nSPS) is 21.6. The molecule has 2 nitrogen and oxygen atoms in total. The van der Waals surface area contributed by atoms with Gasteiger partial charge in [-0.15, -0.1) is 0 Å². The standard InChI is InChI=1S/C13H28N2/c1-11(14)9-15-10-13(2,3)12-7-5-4-6-8-12/h11-12,15H,4-10,14H2,1-3H3. The van der Waals surface area contributed by atoms with Crippen LogP contribution < -0.4 is 11.1 Å². The van der Waals surface area contributed by atoms with E-state index in [-0.39, 0.29) is 6.04 Å². The number of nitrogens with two attached hydrogens (primary N) is 1. The summed E-state index contributed by atoms with van der Waals surface area (Å²) >= 11 is 0. The van der Waals surface area contributed by atoms with E-state index in [0.717, 1.165) is 19.0 Å². The Bertz CT molecular complexity index is 169. The number of rotatable bonds is 5. The van der Waals surface area contributed by atoms with Gasteiger partial charge in [-0.05, 0) is 31.1 Å². The van der Waals surface area contributed by atoms with Crippen LogP contribution in [-0.2, 0) is 0 Å². The van der Waals surface area contributed by atoms with Gasteiger partial charge < -0.3 is 11.1 Å². The van der Waals surface area contributed by atoms with Gasteiger partial charge in [0.05, 0.1) is 0 Å². The van der Waals surface area contributed by atoms with E-state index in [1.807, 2.05) is 0 Å². The quantitative estimate of drug-likeness (QED) is 0.735. The van der Waals surface area contributed by atoms with Crippen molar-refractivity contribution >= 4 is 0 Å². The maximum absolute atomic E-state index is 5.74. The van der Waals surface area contributed by atoms with Crippen LogP contribution in [-0.4, -0.2) is 19.1 Å². The van der Waals surface area contributed by atoms with E-state index in [1.165, 1.54) is 32.1 Å². The molecule has 1 fully saturated rings. The molecule has 90 valence electrons. The summed E-state index contributed by atoms with van der Waals surface area (Å²) in [6.45, 7) is 8.91. The third-order valence-electron chi connectivity index (χ3n) is 3.76. The Morgan fingerprint density at radius 2 is 1.87 bits per heavy atom. The number of hydrogen-bond acceptors (Lipinski definition) is 2. The second-order valence-electron chi connectivity index (χ2n) is 5.93. The molecule has 1 aliphatic carbocycles. The van der Waals surface area contributed by atoms with E-state index < -0.39 is 0 Å². The minimum absolute atomic E-state index is 0.271. The lowest BCUT2D eigenvalue weighted by Crippen LogP contribution is -2.40. The highest BCUT2D eigenvalue weighted by Gasteiger charge is 2.29. The van der Waals surface area contributed by atoms with Crippen molar-refractivity contribution in [1.82, 2.24) is 5.32 Å². The molecule has 1 atom stereocenters. The van der Waals surface area contributed by atoms with Crippen molar-refractivity contribution < 1.29 is 0 Å². The topological polar surface area (TPSA) is 38.0 Å². The molecule has 0 bridgehead atoms. The van der Waals surface area contributed by atoms with Gasteiger partial charge >= 0.3 is 0 Å². The number of nitrogens with one attached hydrogen (secondary N) is 1. The van der Waals surface area contributed by atoms with Crippen molar-refractivity contribution in [2.45, 2.75) is 58.9 Å². The van der Waals surface area contributed by atoms with Crippen molar-refractivity contribution in [3.05, 3.63) is 0 Å². The van der Waals surface area contributed by atoms with Gasteiger partial charge in [-0.25, -0.2) is 0 Å². The molecule has 1 aliphatic rings. The maximum Gasteiger partial charge on any atom is 0.0136 e. The summed E-state index contributed by atoms with van der Waals surface area (Å²) in [5, 5.41) is 3.50. The van der Waals surface area contributed by atoms with E-state index in [0.29, 0.717) is 5.41 Å². The second-order valence-corrected chi connectivity index (χ2v) is 5.93. The molecule has 3 N–H and O–H groups in total. The van der Waals surface area contributed by atoms with Crippen molar-refractivity contribution in [3.8, 4) is 0 Å². The highest BCUT2D eigenvalue weighted by atomic mass is 14.9. The number of hydrogen-bond donors (Lipinski definition) is 2. The van der Waals surface area contributed by atoms with E-state index >= 15 is 0 Å². The highest BCUT2D eigenvalue weighted by Crippen LogP contribution is 2.37. The third kappa shape index (κ3) is 4.52. The Morgan fingerprint density at radius 3 is 2.40 bits per heavy atom. The molecule has 0 aromatic rings. The first-order valence-corrected chi connectivity index (χ1v) is 6.48. The zero-order chi connectivity index (χ0) is 11.3. The molecule has 0 aromatic heterocycles. The van der Waals surface area contributed by atoms with Gasteiger partial charge in [-0.1, -0.05) is 33.1 Å². The first kappa shape index (κ1) is 13.0. The minimum Gasteiger partial charge on any atom is -0.327 e. The summed E-state index contributed by atoms with van der Waals surface area (Å²) in [4.78, 5) is 0. The van der Waals surface area contributed by atoms with Crippen LogP contribution in [0.25, 0.3) is 0 Å². The molecule has 2 heteroatoms. The van der Waals surface area contributed by atoms with Gasteiger partial charge in [0.2, 0.25) is 0 Å². The maximum atomic E-state index is 5.74. The largest absolute Gasteiger partial charge is 0.327 e. The van der Waals surface area contributed by atoms with Gasteiger partial charge in [-0.2, -0.15) is 0 Å². The van der Waals surface area contributed by atoms with Gasteiger partial charge in [0, 0.05) is 19.1 Å². The van der Waals surface area contributed by atoms with Crippen LogP contribution in [0.1, 0.15) is 52.9 Å². The summed E-state index contributed by atoms with van der Waals surface area (Å²) in [5.41, 5.74) is 6.18. The zero-order valence-electron chi connectivity index (χ0n) is 10.7. The first-order chi connectivity index (χ1) is 7.02. The van der Waals surface area contributed by atoms with Crippen LogP contribution in [0.15, 0.2) is 0 Å². The van der Waals surface area contributed by atoms with Gasteiger partial charge in [0.25, 0.3) is 0 Å². The van der Waals surface area contributed by atoms with E-state index in [4.69, 9.17) is 5.73 Å². The van der Waals surface area contributed by atoms with Crippen LogP contribution in [0, 0.1) is 11.3 Å². The monoisotopic (exact) mass is 212 g/mol. The summed E-state index contributed by atoms with van der Waals surface area (Å²) in [5.74, 6) is 0.909. The smallest absolute Gasteiger partial charge is 0.0136 e. The van der Waals surface area contributed by atoms with Crippen molar-refractivity contribution in [1.29, 1.82) is 0 Å². The molecule has 0 amide bonds. The van der Waals surface area contributed by atoms with E-state index in [2.05, 4.69) is 26.1 Å². The Kier molecular flexibility index (Phi) is 5.07. The Morgan fingerprint density at radius 1 is 1.27 bits per heavy atom. The molecular weight excluding hydrogens is 184 g/mol. The molecule has 0 aliphatic heterocycles. The second kappa shape index (κ2) is 5.86. The lowest BCUT2D eigenvalue weighted by Gasteiger charge is -2.37. The average Bonchev–Trinajstić information content (AvgIpc) is 2.18. The molecule has 1 rings (SSSR count). The SMILES string of the molecule is CC(N)CNCC(C)(C)C1CCCCC1. The Labute approximate surface area is 95.0 Å². The van der Waals surface area contributed by atoms with Crippen molar-refractivity contribution in [2.24, 2.45) is 17.1 Å². The fraction of sp³-hybridized carbons (Fsp3) is 1.00. The summed E-state index contributed by atoms with van der Waals surface area (Å²) in [6.07, 6.45) is 7.16. The average molecular weight is 212 g/mol. The molecule has 1 unspecified atom stereocenters. The van der Waals surface area contributed by atoms with E-state index in [1.54, 1.807) is 0 Å². The molecule has 0 radical (unpaired) electrons. The highest BCUT2D eigenvalue weighted by molar-refractivity contribution is 4.83. The molecular formula is C13H28N2. The van der Waals surface area contributed by atoms with Crippen molar-refractivity contribution in [3.63, 3.8) is 0 Å². The summed E-state index contributed by atoms with van der Waals surface area (Å²) in [7, 11) is 0. The first-order valence-electron chi connectivity index (χ1n) is 6.48. The van der Waals surface area contributed by atoms with Crippen molar-refractivity contribution in [2.75, 3.05) is 13.1 Å². The van der Waals surface area contributed by atoms with Gasteiger partial charge in [0.15, 0.2) is 0 Å². The zero-order valence-corrected chi connectivity index (χ0v) is 10.7. The fourth-order valence-electron chi connectivity index (χ4n) is 2.65. The Balaban J connectivity index is 2.29. The van der Waals surface area contributed by atoms with Crippen LogP contribution >= 0.6 is 0 Å². The molecule has 0 heterocycles. The Hall–Kier alpha value is -0.0800. The molecule has 1 saturated carbocycles. The van der Waals surface area contributed by atoms with Crippen LogP contribution in [0.3, 0.4) is 0 Å². The predicted octanol–water partition coefficient (Wildman–Crippen LogP) is 2.53. The van der Waals surface area contributed by atoms with Gasteiger partial charge in [-0.3, -0.25) is 0 Å². The third-order valence-corrected chi connectivity index (χ3v) is 3.76.